The number of hydrogen-bond donors (Lipinski definition) is 1. The van der Waals surface area contributed by atoms with Gasteiger partial charge in [-0.15, -0.1) is 0 Å². The van der Waals surface area contributed by atoms with E-state index in [2.05, 4.69) is 4.98 Å². The van der Waals surface area contributed by atoms with Crippen LogP contribution in [0.15, 0.2) is 58.0 Å². The molecule has 164 valence electrons. The highest BCUT2D eigenvalue weighted by atomic mass is 35.5. The number of nitrogens with zero attached hydrogens (tertiary/aromatic N) is 1. The smallest absolute Gasteiger partial charge is 0.311 e. The first-order valence-corrected chi connectivity index (χ1v) is 11.5. The van der Waals surface area contributed by atoms with E-state index in [-0.39, 0.29) is 17.1 Å². The summed E-state index contributed by atoms with van der Waals surface area (Å²) in [5.41, 5.74) is 0.878. The lowest BCUT2D eigenvalue weighted by atomic mass is 9.85. The third kappa shape index (κ3) is 6.30. The van der Waals surface area contributed by atoms with Crippen LogP contribution in [0.4, 0.5) is 0 Å². The van der Waals surface area contributed by atoms with E-state index < -0.39 is 21.4 Å². The number of hydrogen-bond acceptors (Lipinski definition) is 6. The summed E-state index contributed by atoms with van der Waals surface area (Å²) in [7, 11) is -3.81. The Hall–Kier alpha value is -2.39. The second-order valence-corrected chi connectivity index (χ2v) is 10.1. The molecule has 0 amide bonds. The second kappa shape index (κ2) is 9.00. The van der Waals surface area contributed by atoms with Gasteiger partial charge in [-0.1, -0.05) is 43.1 Å². The van der Waals surface area contributed by atoms with Gasteiger partial charge in [0.2, 0.25) is 10.0 Å². The molecule has 2 N–H and O–H groups in total. The Kier molecular flexibility index (Phi) is 6.76. The van der Waals surface area contributed by atoms with Crippen LogP contribution >= 0.6 is 23.2 Å². The van der Waals surface area contributed by atoms with E-state index in [4.69, 9.17) is 37.5 Å². The number of benzene rings is 2. The first-order chi connectivity index (χ1) is 14.4. The number of aromatic nitrogens is 1. The van der Waals surface area contributed by atoms with Gasteiger partial charge in [0.05, 0.1) is 21.4 Å². The molecule has 0 radical (unpaired) electrons. The molecule has 0 unspecified atom stereocenters. The topological polar surface area (TPSA) is 112 Å². The highest BCUT2D eigenvalue weighted by molar-refractivity contribution is 7.89. The maximum absolute atomic E-state index is 12.4. The Labute approximate surface area is 190 Å². The maximum Gasteiger partial charge on any atom is 0.311 e. The minimum Gasteiger partial charge on any atom is -0.448 e. The number of oxazole rings is 1. The Bertz CT molecular complexity index is 1200. The van der Waals surface area contributed by atoms with Gasteiger partial charge in [0, 0.05) is 12.0 Å². The van der Waals surface area contributed by atoms with Crippen molar-refractivity contribution in [2.45, 2.75) is 31.6 Å². The van der Waals surface area contributed by atoms with E-state index in [1.807, 2.05) is 13.8 Å². The Morgan fingerprint density at radius 1 is 1.13 bits per heavy atom. The van der Waals surface area contributed by atoms with Gasteiger partial charge >= 0.3 is 5.97 Å². The zero-order chi connectivity index (χ0) is 22.8. The zero-order valence-corrected chi connectivity index (χ0v) is 19.1. The van der Waals surface area contributed by atoms with Gasteiger partial charge in [0.25, 0.3) is 0 Å². The van der Waals surface area contributed by atoms with E-state index >= 15 is 0 Å². The molecule has 0 aliphatic carbocycles. The number of sulfonamides is 1. The SMILES string of the molecule is CC(C)(CC(=O)Oc1ccc(S(N)(=O)=O)cc1)Cc1nc(-c2ccc(Cl)c(Cl)c2)co1. The van der Waals surface area contributed by atoms with Crippen molar-refractivity contribution in [2.24, 2.45) is 10.6 Å². The van der Waals surface area contributed by atoms with Crippen molar-refractivity contribution in [3.63, 3.8) is 0 Å². The van der Waals surface area contributed by atoms with E-state index in [1.54, 1.807) is 18.2 Å². The molecule has 1 heterocycles. The van der Waals surface area contributed by atoms with Crippen LogP contribution in [-0.4, -0.2) is 19.4 Å². The van der Waals surface area contributed by atoms with Crippen molar-refractivity contribution in [3.8, 4) is 17.0 Å². The van der Waals surface area contributed by atoms with Crippen LogP contribution in [0, 0.1) is 5.41 Å². The average molecular weight is 483 g/mol. The van der Waals surface area contributed by atoms with E-state index in [9.17, 15) is 13.2 Å². The van der Waals surface area contributed by atoms with Crippen LogP contribution < -0.4 is 9.88 Å². The Morgan fingerprint density at radius 2 is 1.81 bits per heavy atom. The molecule has 3 rings (SSSR count). The molecule has 1 aromatic heterocycles. The van der Waals surface area contributed by atoms with Crippen LogP contribution in [0.2, 0.25) is 10.0 Å². The molecular weight excluding hydrogens is 463 g/mol. The summed E-state index contributed by atoms with van der Waals surface area (Å²) in [5.74, 6) is 0.229. The van der Waals surface area contributed by atoms with Crippen molar-refractivity contribution in [2.75, 3.05) is 0 Å². The molecule has 3 aromatic rings. The largest absolute Gasteiger partial charge is 0.448 e. The Morgan fingerprint density at radius 3 is 2.42 bits per heavy atom. The molecule has 31 heavy (non-hydrogen) atoms. The van der Waals surface area contributed by atoms with E-state index in [1.165, 1.54) is 30.5 Å². The van der Waals surface area contributed by atoms with Crippen molar-refractivity contribution in [1.29, 1.82) is 0 Å². The summed E-state index contributed by atoms with van der Waals surface area (Å²) in [6.07, 6.45) is 2.01. The summed E-state index contributed by atoms with van der Waals surface area (Å²) in [4.78, 5) is 16.8. The number of carbonyl (C=O) groups excluding carboxylic acids is 1. The fourth-order valence-corrected chi connectivity index (χ4v) is 3.72. The zero-order valence-electron chi connectivity index (χ0n) is 16.8. The number of halogens is 2. The van der Waals surface area contributed by atoms with Crippen molar-refractivity contribution in [3.05, 3.63) is 64.7 Å². The fourth-order valence-electron chi connectivity index (χ4n) is 2.91. The summed E-state index contributed by atoms with van der Waals surface area (Å²) in [6, 6.07) is 10.5. The molecule has 0 aliphatic rings. The Balaban J connectivity index is 1.62. The fraction of sp³-hybridized carbons (Fsp3) is 0.238. The van der Waals surface area contributed by atoms with Gasteiger partial charge in [0.1, 0.15) is 17.7 Å². The number of ether oxygens (including phenoxy) is 1. The quantitative estimate of drug-likeness (QED) is 0.379. The number of esters is 1. The minimum absolute atomic E-state index is 0.0608. The van der Waals surface area contributed by atoms with Gasteiger partial charge in [0.15, 0.2) is 5.89 Å². The van der Waals surface area contributed by atoms with Gasteiger partial charge in [-0.05, 0) is 41.8 Å². The van der Waals surface area contributed by atoms with Crippen molar-refractivity contribution in [1.82, 2.24) is 4.98 Å². The van der Waals surface area contributed by atoms with Gasteiger partial charge in [-0.2, -0.15) is 0 Å². The van der Waals surface area contributed by atoms with Crippen molar-refractivity contribution >= 4 is 39.2 Å². The number of rotatable bonds is 7. The predicted octanol–water partition coefficient (Wildman–Crippen LogP) is 4.86. The number of primary sulfonamides is 1. The first kappa shape index (κ1) is 23.3. The lowest BCUT2D eigenvalue weighted by molar-refractivity contribution is -0.136. The molecule has 0 fully saturated rings. The molecular formula is C21H20Cl2N2O5S. The highest BCUT2D eigenvalue weighted by Crippen LogP contribution is 2.31. The van der Waals surface area contributed by atoms with E-state index in [0.717, 1.165) is 5.56 Å². The molecule has 0 atom stereocenters. The van der Waals surface area contributed by atoms with Crippen LogP contribution in [0.5, 0.6) is 5.75 Å². The highest BCUT2D eigenvalue weighted by Gasteiger charge is 2.26. The van der Waals surface area contributed by atoms with Crippen molar-refractivity contribution < 1.29 is 22.4 Å². The molecule has 2 aromatic carbocycles. The molecule has 0 aliphatic heterocycles. The molecule has 0 bridgehead atoms. The number of carbonyl (C=O) groups is 1. The standard InChI is InChI=1S/C21H20Cl2N2O5S/c1-21(2,11-20(26)30-14-4-6-15(7-5-14)31(24,27)28)10-19-25-18(12-29-19)13-3-8-16(22)17(23)9-13/h3-9,12H,10-11H2,1-2H3,(H2,24,27,28). The predicted molar refractivity (Wildman–Crippen MR) is 118 cm³/mol. The molecule has 0 spiro atoms. The van der Waals surface area contributed by atoms with Gasteiger partial charge in [-0.25, -0.2) is 18.5 Å². The monoisotopic (exact) mass is 482 g/mol. The normalized spacial score (nSPS) is 12.0. The summed E-state index contributed by atoms with van der Waals surface area (Å²) >= 11 is 12.0. The first-order valence-electron chi connectivity index (χ1n) is 9.16. The molecule has 0 saturated carbocycles. The molecule has 7 nitrogen and oxygen atoms in total. The lowest BCUT2D eigenvalue weighted by Crippen LogP contribution is -2.23. The van der Waals surface area contributed by atoms with Crippen LogP contribution in [0.1, 0.15) is 26.2 Å². The third-order valence-electron chi connectivity index (χ3n) is 4.40. The maximum atomic E-state index is 12.4. The van der Waals surface area contributed by atoms with Gasteiger partial charge < -0.3 is 9.15 Å². The second-order valence-electron chi connectivity index (χ2n) is 7.76. The minimum atomic E-state index is -3.81. The summed E-state index contributed by atoms with van der Waals surface area (Å²) in [5, 5.41) is 5.93. The van der Waals surface area contributed by atoms with Gasteiger partial charge in [-0.3, -0.25) is 4.79 Å². The number of nitrogens with two attached hydrogens (primary N) is 1. The summed E-state index contributed by atoms with van der Waals surface area (Å²) in [6.45, 7) is 3.78. The summed E-state index contributed by atoms with van der Waals surface area (Å²) < 4.78 is 33.5. The molecule has 10 heteroatoms. The average Bonchev–Trinajstić information content (AvgIpc) is 3.10. The van der Waals surface area contributed by atoms with Crippen LogP contribution in [0.3, 0.4) is 0 Å². The molecule has 0 saturated heterocycles. The van der Waals surface area contributed by atoms with Crippen LogP contribution in [0.25, 0.3) is 11.3 Å². The van der Waals surface area contributed by atoms with Crippen LogP contribution in [-0.2, 0) is 21.2 Å². The third-order valence-corrected chi connectivity index (χ3v) is 6.07. The lowest BCUT2D eigenvalue weighted by Gasteiger charge is -2.21. The van der Waals surface area contributed by atoms with E-state index in [0.29, 0.717) is 28.1 Å².